The smallest absolute Gasteiger partial charge is 0.245 e. The highest BCUT2D eigenvalue weighted by atomic mass is 32.2. The number of likely N-dealkylation sites (N-methyl/N-ethyl adjacent to an activating group) is 1. The summed E-state index contributed by atoms with van der Waals surface area (Å²) in [5, 5.41) is 0. The lowest BCUT2D eigenvalue weighted by Gasteiger charge is -2.23. The number of nitrogen functional groups attached to an aromatic ring is 1. The average molecular weight is 298 g/mol. The fourth-order valence-corrected chi connectivity index (χ4v) is 4.07. The van der Waals surface area contributed by atoms with E-state index in [0.717, 1.165) is 18.4 Å². The van der Waals surface area contributed by atoms with Crippen LogP contribution >= 0.6 is 0 Å². The summed E-state index contributed by atoms with van der Waals surface area (Å²) in [7, 11) is -2.00. The lowest BCUT2D eigenvalue weighted by molar-refractivity contribution is 0.0979. The van der Waals surface area contributed by atoms with Crippen LogP contribution < -0.4 is 5.73 Å². The molecule has 112 valence electrons. The molecule has 0 bridgehead atoms. The van der Waals surface area contributed by atoms with Gasteiger partial charge in [-0.3, -0.25) is 0 Å². The Morgan fingerprint density at radius 1 is 1.35 bits per heavy atom. The molecule has 0 amide bonds. The van der Waals surface area contributed by atoms with Crippen molar-refractivity contribution in [2.75, 3.05) is 25.9 Å². The summed E-state index contributed by atoms with van der Waals surface area (Å²) in [6.07, 6.45) is 1.88. The minimum absolute atomic E-state index is 0.0129. The Hall–Kier alpha value is -1.11. The highest BCUT2D eigenvalue weighted by molar-refractivity contribution is 7.89. The van der Waals surface area contributed by atoms with Gasteiger partial charge in [0, 0.05) is 20.2 Å². The second-order valence-corrected chi connectivity index (χ2v) is 7.34. The monoisotopic (exact) mass is 298 g/mol. The third-order valence-corrected chi connectivity index (χ3v) is 5.79. The van der Waals surface area contributed by atoms with Gasteiger partial charge in [0.15, 0.2) is 0 Å². The highest BCUT2D eigenvalue weighted by Crippen LogP contribution is 2.28. The topological polar surface area (TPSA) is 72.6 Å². The Morgan fingerprint density at radius 2 is 2.00 bits per heavy atom. The number of sulfonamides is 1. The maximum Gasteiger partial charge on any atom is 0.245 e. The lowest BCUT2D eigenvalue weighted by Crippen LogP contribution is -2.34. The minimum atomic E-state index is -3.58. The number of aryl methyl sites for hydroxylation is 2. The molecule has 20 heavy (non-hydrogen) atoms. The largest absolute Gasteiger partial charge is 0.397 e. The van der Waals surface area contributed by atoms with E-state index in [1.165, 1.54) is 4.31 Å². The van der Waals surface area contributed by atoms with Crippen molar-refractivity contribution in [3.8, 4) is 0 Å². The molecule has 0 aliphatic carbocycles. The summed E-state index contributed by atoms with van der Waals surface area (Å²) in [5.74, 6) is 0. The van der Waals surface area contributed by atoms with Gasteiger partial charge in [0.05, 0.1) is 11.8 Å². The van der Waals surface area contributed by atoms with Gasteiger partial charge in [0.2, 0.25) is 10.0 Å². The van der Waals surface area contributed by atoms with Crippen LogP contribution in [0.1, 0.15) is 24.0 Å². The molecule has 1 aromatic rings. The molecule has 6 heteroatoms. The fourth-order valence-electron chi connectivity index (χ4n) is 2.48. The van der Waals surface area contributed by atoms with Crippen LogP contribution in [0.5, 0.6) is 0 Å². The molecule has 0 aromatic heterocycles. The van der Waals surface area contributed by atoms with E-state index in [4.69, 9.17) is 10.5 Å². The summed E-state index contributed by atoms with van der Waals surface area (Å²) in [5.41, 5.74) is 7.77. The van der Waals surface area contributed by atoms with E-state index < -0.39 is 10.0 Å². The number of rotatable bonds is 4. The van der Waals surface area contributed by atoms with E-state index in [0.29, 0.717) is 24.4 Å². The molecular formula is C14H22N2O3S. The van der Waals surface area contributed by atoms with E-state index in [1.54, 1.807) is 20.0 Å². The van der Waals surface area contributed by atoms with Gasteiger partial charge in [-0.1, -0.05) is 12.1 Å². The molecule has 0 saturated carbocycles. The van der Waals surface area contributed by atoms with Crippen LogP contribution in [0, 0.1) is 13.8 Å². The number of hydrogen-bond acceptors (Lipinski definition) is 4. The Bertz CT molecular complexity index is 593. The molecule has 2 N–H and O–H groups in total. The van der Waals surface area contributed by atoms with Gasteiger partial charge in [0.25, 0.3) is 0 Å². The molecule has 1 aliphatic heterocycles. The van der Waals surface area contributed by atoms with Crippen LogP contribution in [0.2, 0.25) is 0 Å². The first-order valence-corrected chi connectivity index (χ1v) is 8.21. The first-order valence-electron chi connectivity index (χ1n) is 6.77. The molecule has 1 saturated heterocycles. The number of hydrogen-bond donors (Lipinski definition) is 1. The van der Waals surface area contributed by atoms with Crippen LogP contribution in [0.4, 0.5) is 5.69 Å². The number of ether oxygens (including phenoxy) is 1. The predicted molar refractivity (Wildman–Crippen MR) is 79.1 cm³/mol. The van der Waals surface area contributed by atoms with Gasteiger partial charge >= 0.3 is 0 Å². The van der Waals surface area contributed by atoms with Gasteiger partial charge in [-0.2, -0.15) is 4.31 Å². The molecule has 0 radical (unpaired) electrons. The van der Waals surface area contributed by atoms with Crippen molar-refractivity contribution in [2.24, 2.45) is 0 Å². The molecule has 2 rings (SSSR count). The van der Waals surface area contributed by atoms with E-state index in [9.17, 15) is 8.42 Å². The summed E-state index contributed by atoms with van der Waals surface area (Å²) >= 11 is 0. The number of benzene rings is 1. The maximum atomic E-state index is 12.7. The van der Waals surface area contributed by atoms with Crippen LogP contribution in [-0.2, 0) is 14.8 Å². The van der Waals surface area contributed by atoms with E-state index in [1.807, 2.05) is 13.0 Å². The Balaban J connectivity index is 2.32. The zero-order chi connectivity index (χ0) is 14.9. The minimum Gasteiger partial charge on any atom is -0.397 e. The molecule has 1 fully saturated rings. The molecule has 5 nitrogen and oxygen atoms in total. The summed E-state index contributed by atoms with van der Waals surface area (Å²) in [6, 6.07) is 3.63. The van der Waals surface area contributed by atoms with Crippen LogP contribution in [0.3, 0.4) is 0 Å². The summed E-state index contributed by atoms with van der Waals surface area (Å²) in [4.78, 5) is 0.220. The lowest BCUT2D eigenvalue weighted by atomic mass is 10.1. The Labute approximate surface area is 120 Å². The third-order valence-electron chi connectivity index (χ3n) is 3.76. The number of nitrogens with two attached hydrogens (primary N) is 1. The predicted octanol–water partition coefficient (Wildman–Crippen LogP) is 1.69. The maximum absolute atomic E-state index is 12.7. The van der Waals surface area contributed by atoms with Crippen molar-refractivity contribution in [1.29, 1.82) is 0 Å². The fraction of sp³-hybridized carbons (Fsp3) is 0.571. The van der Waals surface area contributed by atoms with Crippen molar-refractivity contribution in [2.45, 2.75) is 37.7 Å². The van der Waals surface area contributed by atoms with Gasteiger partial charge in [-0.15, -0.1) is 0 Å². The first-order chi connectivity index (χ1) is 9.34. The van der Waals surface area contributed by atoms with Gasteiger partial charge in [-0.05, 0) is 37.8 Å². The molecule has 1 unspecified atom stereocenters. The van der Waals surface area contributed by atoms with Crippen molar-refractivity contribution in [1.82, 2.24) is 4.31 Å². The normalized spacial score (nSPS) is 19.7. The average Bonchev–Trinajstić information content (AvgIpc) is 2.87. The molecular weight excluding hydrogens is 276 g/mol. The standard InChI is InChI=1S/C14H22N2O3S/c1-10-6-7-11(2)14(13(10)15)20(17,18)16(3)9-12-5-4-8-19-12/h6-7,12H,4-5,8-9,15H2,1-3H3. The third kappa shape index (κ3) is 2.82. The highest BCUT2D eigenvalue weighted by Gasteiger charge is 2.29. The quantitative estimate of drug-likeness (QED) is 0.859. The second kappa shape index (κ2) is 5.71. The van der Waals surface area contributed by atoms with E-state index >= 15 is 0 Å². The van der Waals surface area contributed by atoms with E-state index in [2.05, 4.69) is 0 Å². The van der Waals surface area contributed by atoms with E-state index in [-0.39, 0.29) is 11.0 Å². The first kappa shape index (κ1) is 15.3. The van der Waals surface area contributed by atoms with Crippen molar-refractivity contribution in [3.05, 3.63) is 23.3 Å². The van der Waals surface area contributed by atoms with Crippen molar-refractivity contribution >= 4 is 15.7 Å². The van der Waals surface area contributed by atoms with Gasteiger partial charge in [0.1, 0.15) is 4.90 Å². The summed E-state index contributed by atoms with van der Waals surface area (Å²) < 4.78 is 32.3. The zero-order valence-corrected chi connectivity index (χ0v) is 13.0. The zero-order valence-electron chi connectivity index (χ0n) is 12.2. The number of anilines is 1. The number of nitrogens with zero attached hydrogens (tertiary/aromatic N) is 1. The van der Waals surface area contributed by atoms with Crippen LogP contribution in [0.25, 0.3) is 0 Å². The van der Waals surface area contributed by atoms with Crippen LogP contribution in [-0.4, -0.2) is 39.0 Å². The SMILES string of the molecule is Cc1ccc(C)c(S(=O)(=O)N(C)CC2CCCO2)c1N. The molecule has 1 heterocycles. The molecule has 0 spiro atoms. The van der Waals surface area contributed by atoms with Crippen molar-refractivity contribution < 1.29 is 13.2 Å². The summed E-state index contributed by atoms with van der Waals surface area (Å²) in [6.45, 7) is 4.66. The van der Waals surface area contributed by atoms with Crippen LogP contribution in [0.15, 0.2) is 17.0 Å². The Morgan fingerprint density at radius 3 is 2.60 bits per heavy atom. The van der Waals surface area contributed by atoms with Gasteiger partial charge in [-0.25, -0.2) is 8.42 Å². The molecule has 1 atom stereocenters. The Kier molecular flexibility index (Phi) is 4.36. The second-order valence-electron chi connectivity index (χ2n) is 5.36. The molecule has 1 aromatic carbocycles. The molecule has 1 aliphatic rings. The van der Waals surface area contributed by atoms with Gasteiger partial charge < -0.3 is 10.5 Å². The van der Waals surface area contributed by atoms with Crippen molar-refractivity contribution in [3.63, 3.8) is 0 Å².